The van der Waals surface area contributed by atoms with Crippen molar-refractivity contribution in [3.8, 4) is 11.5 Å². The van der Waals surface area contributed by atoms with Crippen LogP contribution in [0.5, 0.6) is 11.5 Å². The van der Waals surface area contributed by atoms with Crippen LogP contribution in [0.1, 0.15) is 32.3 Å². The molecule has 1 saturated heterocycles. The van der Waals surface area contributed by atoms with E-state index in [1.54, 1.807) is 0 Å². The van der Waals surface area contributed by atoms with E-state index in [4.69, 9.17) is 31.9 Å². The maximum absolute atomic E-state index is 11.2. The molecule has 0 aliphatic carbocycles. The van der Waals surface area contributed by atoms with Crippen LogP contribution in [0.2, 0.25) is 5.02 Å². The summed E-state index contributed by atoms with van der Waals surface area (Å²) < 4.78 is 11.3. The third-order valence-corrected chi connectivity index (χ3v) is 5.37. The van der Waals surface area contributed by atoms with Crippen LogP contribution in [-0.2, 0) is 11.2 Å². The summed E-state index contributed by atoms with van der Waals surface area (Å²) in [6.07, 6.45) is 2.03. The minimum Gasteiger partial charge on any atom is -0.485 e. The Morgan fingerprint density at radius 3 is 2.69 bits per heavy atom. The summed E-state index contributed by atoms with van der Waals surface area (Å²) in [5.41, 5.74) is 7.18. The number of aliphatic carboxylic acids is 1. The normalized spacial score (nSPS) is 21.2. The summed E-state index contributed by atoms with van der Waals surface area (Å²) in [5, 5.41) is 9.54. The van der Waals surface area contributed by atoms with Gasteiger partial charge < -0.3 is 25.2 Å². The van der Waals surface area contributed by atoms with Gasteiger partial charge in [0.05, 0.1) is 10.7 Å². The van der Waals surface area contributed by atoms with Crippen LogP contribution in [0.4, 0.5) is 5.69 Å². The number of likely N-dealkylation sites (tertiary alicyclic amines) is 1. The molecule has 0 amide bonds. The summed E-state index contributed by atoms with van der Waals surface area (Å²) in [5.74, 6) is 0.969. The van der Waals surface area contributed by atoms with Gasteiger partial charge in [0.25, 0.3) is 0 Å². The lowest BCUT2D eigenvalue weighted by molar-refractivity contribution is -0.147. The van der Waals surface area contributed by atoms with Crippen molar-refractivity contribution in [1.82, 2.24) is 4.90 Å². The molecule has 26 heavy (non-hydrogen) atoms. The van der Waals surface area contributed by atoms with Crippen molar-refractivity contribution in [2.75, 3.05) is 32.0 Å². The molecule has 0 saturated carbocycles. The van der Waals surface area contributed by atoms with Gasteiger partial charge in [0.1, 0.15) is 6.61 Å². The van der Waals surface area contributed by atoms with Crippen LogP contribution in [0.25, 0.3) is 0 Å². The Morgan fingerprint density at radius 1 is 1.38 bits per heavy atom. The number of hydrogen-bond donors (Lipinski definition) is 2. The van der Waals surface area contributed by atoms with Gasteiger partial charge in [-0.2, -0.15) is 0 Å². The van der Waals surface area contributed by atoms with Gasteiger partial charge in [0, 0.05) is 6.54 Å². The number of carboxylic acids is 1. The smallest absolute Gasteiger partial charge is 0.348 e. The van der Waals surface area contributed by atoms with Crippen molar-refractivity contribution in [3.05, 3.63) is 16.7 Å². The van der Waals surface area contributed by atoms with Gasteiger partial charge in [-0.05, 0) is 55.8 Å². The maximum Gasteiger partial charge on any atom is 0.348 e. The highest BCUT2D eigenvalue weighted by atomic mass is 35.5. The summed E-state index contributed by atoms with van der Waals surface area (Å²) in [4.78, 5) is 13.7. The molecule has 144 valence electrons. The van der Waals surface area contributed by atoms with Crippen molar-refractivity contribution in [1.29, 1.82) is 0 Å². The highest BCUT2D eigenvalue weighted by Gasteiger charge is 2.32. The Bertz CT molecular complexity index is 672. The molecule has 6 nitrogen and oxygen atoms in total. The molecule has 2 aliphatic heterocycles. The van der Waals surface area contributed by atoms with E-state index in [1.165, 1.54) is 0 Å². The van der Waals surface area contributed by atoms with Gasteiger partial charge in [0.15, 0.2) is 11.5 Å². The number of nitrogen functional groups attached to an aromatic ring is 1. The Balaban J connectivity index is 1.73. The van der Waals surface area contributed by atoms with Crippen molar-refractivity contribution in [2.24, 2.45) is 11.8 Å². The summed E-state index contributed by atoms with van der Waals surface area (Å²) in [6, 6.07) is 1.83. The molecule has 0 spiro atoms. The van der Waals surface area contributed by atoms with Crippen LogP contribution in [0.15, 0.2) is 6.07 Å². The first-order valence-electron chi connectivity index (χ1n) is 9.20. The Kier molecular flexibility index (Phi) is 5.82. The van der Waals surface area contributed by atoms with Gasteiger partial charge in [-0.15, -0.1) is 0 Å². The van der Waals surface area contributed by atoms with E-state index in [0.717, 1.165) is 44.5 Å². The SMILES string of the molecule is CC(C)CN1CCC(Cc2cc(Cl)c(N)c3c2OCC(C(=O)O)O3)CC1. The number of nitrogens with two attached hydrogens (primary N) is 1. The number of nitrogens with zero attached hydrogens (tertiary/aromatic N) is 1. The molecule has 3 N–H and O–H groups in total. The lowest BCUT2D eigenvalue weighted by atomic mass is 9.89. The second kappa shape index (κ2) is 7.92. The Morgan fingerprint density at radius 2 is 2.08 bits per heavy atom. The predicted octanol–water partition coefficient (Wildman–Crippen LogP) is 3.06. The van der Waals surface area contributed by atoms with E-state index in [0.29, 0.717) is 22.6 Å². The molecule has 0 radical (unpaired) electrons. The molecule has 1 fully saturated rings. The minimum absolute atomic E-state index is 0.0246. The van der Waals surface area contributed by atoms with Crippen LogP contribution in [-0.4, -0.2) is 48.3 Å². The topological polar surface area (TPSA) is 85.0 Å². The molecule has 1 aromatic carbocycles. The van der Waals surface area contributed by atoms with Crippen molar-refractivity contribution >= 4 is 23.3 Å². The third kappa shape index (κ3) is 4.18. The number of anilines is 1. The highest BCUT2D eigenvalue weighted by Crippen LogP contribution is 2.45. The quantitative estimate of drug-likeness (QED) is 0.761. The largest absolute Gasteiger partial charge is 0.485 e. The summed E-state index contributed by atoms with van der Waals surface area (Å²) in [7, 11) is 0. The van der Waals surface area contributed by atoms with Crippen LogP contribution >= 0.6 is 11.6 Å². The zero-order valence-corrected chi connectivity index (χ0v) is 16.1. The average Bonchev–Trinajstić information content (AvgIpc) is 2.60. The lowest BCUT2D eigenvalue weighted by Crippen LogP contribution is -2.38. The van der Waals surface area contributed by atoms with Gasteiger partial charge in [0.2, 0.25) is 6.10 Å². The predicted molar refractivity (Wildman–Crippen MR) is 101 cm³/mol. The van der Waals surface area contributed by atoms with Gasteiger partial charge >= 0.3 is 5.97 Å². The Hall–Kier alpha value is -1.66. The lowest BCUT2D eigenvalue weighted by Gasteiger charge is -2.34. The van der Waals surface area contributed by atoms with E-state index in [9.17, 15) is 4.79 Å². The number of carbonyl (C=O) groups is 1. The van der Waals surface area contributed by atoms with Crippen LogP contribution < -0.4 is 15.2 Å². The van der Waals surface area contributed by atoms with Crippen molar-refractivity contribution in [3.63, 3.8) is 0 Å². The van der Waals surface area contributed by atoms with Crippen molar-refractivity contribution in [2.45, 2.75) is 39.2 Å². The number of halogens is 1. The fourth-order valence-electron chi connectivity index (χ4n) is 3.76. The second-order valence-corrected chi connectivity index (χ2v) is 8.09. The average molecular weight is 383 g/mol. The van der Waals surface area contributed by atoms with Gasteiger partial charge in [-0.1, -0.05) is 25.4 Å². The number of fused-ring (bicyclic) bond motifs is 1. The zero-order valence-electron chi connectivity index (χ0n) is 15.3. The van der Waals surface area contributed by atoms with E-state index >= 15 is 0 Å². The molecule has 0 bridgehead atoms. The van der Waals surface area contributed by atoms with Crippen LogP contribution in [0.3, 0.4) is 0 Å². The molecular weight excluding hydrogens is 356 g/mol. The molecule has 3 rings (SSSR count). The molecule has 1 aromatic rings. The van der Waals surface area contributed by atoms with E-state index in [2.05, 4.69) is 18.7 Å². The fourth-order valence-corrected chi connectivity index (χ4v) is 3.97. The van der Waals surface area contributed by atoms with E-state index < -0.39 is 12.1 Å². The number of piperidine rings is 1. The van der Waals surface area contributed by atoms with Gasteiger partial charge in [-0.3, -0.25) is 0 Å². The second-order valence-electron chi connectivity index (χ2n) is 7.69. The monoisotopic (exact) mass is 382 g/mol. The first kappa shape index (κ1) is 19.1. The number of benzene rings is 1. The van der Waals surface area contributed by atoms with E-state index in [-0.39, 0.29) is 18.0 Å². The fraction of sp³-hybridized carbons (Fsp3) is 0.632. The summed E-state index contributed by atoms with van der Waals surface area (Å²) >= 11 is 6.26. The third-order valence-electron chi connectivity index (χ3n) is 5.05. The molecule has 7 heteroatoms. The number of ether oxygens (including phenoxy) is 2. The number of hydrogen-bond acceptors (Lipinski definition) is 5. The first-order chi connectivity index (χ1) is 12.3. The standard InChI is InChI=1S/C19H27ClN2O4/c1-11(2)9-22-5-3-12(4-6-22)7-13-8-14(20)16(21)18-17(13)25-10-15(26-18)19(23)24/h8,11-12,15H,3-7,9-10,21H2,1-2H3,(H,23,24). The van der Waals surface area contributed by atoms with Gasteiger partial charge in [-0.25, -0.2) is 4.79 Å². The number of rotatable bonds is 5. The van der Waals surface area contributed by atoms with E-state index in [1.807, 2.05) is 6.07 Å². The molecule has 1 unspecified atom stereocenters. The molecule has 2 heterocycles. The minimum atomic E-state index is -1.07. The molecule has 1 atom stereocenters. The number of carboxylic acid groups (broad SMARTS) is 1. The van der Waals surface area contributed by atoms with Crippen molar-refractivity contribution < 1.29 is 19.4 Å². The molecule has 0 aromatic heterocycles. The molecular formula is C19H27ClN2O4. The Labute approximate surface area is 159 Å². The maximum atomic E-state index is 11.2. The van der Waals surface area contributed by atoms with Crippen LogP contribution in [0, 0.1) is 11.8 Å². The summed E-state index contributed by atoms with van der Waals surface area (Å²) in [6.45, 7) is 7.82. The first-order valence-corrected chi connectivity index (χ1v) is 9.58. The highest BCUT2D eigenvalue weighted by molar-refractivity contribution is 6.33. The zero-order chi connectivity index (χ0) is 18.8. The molecule has 2 aliphatic rings.